The summed E-state index contributed by atoms with van der Waals surface area (Å²) in [5.41, 5.74) is 0.560. The molecule has 0 aromatic rings. The second kappa shape index (κ2) is 6.22. The highest BCUT2D eigenvalue weighted by atomic mass is 16.4. The Bertz CT molecular complexity index is 269. The molecule has 1 atom stereocenters. The summed E-state index contributed by atoms with van der Waals surface area (Å²) in [4.78, 5) is 22.3. The topological polar surface area (TPSA) is 66.4 Å². The van der Waals surface area contributed by atoms with Crippen LogP contribution < -0.4 is 5.32 Å². The number of hydrogen-bond donors (Lipinski definition) is 2. The molecule has 0 aliphatic heterocycles. The molecule has 15 heavy (non-hydrogen) atoms. The van der Waals surface area contributed by atoms with Gasteiger partial charge in [-0.3, -0.25) is 4.79 Å². The maximum absolute atomic E-state index is 11.5. The molecule has 0 spiro atoms. The third-order valence-corrected chi connectivity index (χ3v) is 2.09. The third kappa shape index (κ3) is 4.63. The zero-order chi connectivity index (χ0) is 12.0. The molecule has 0 aromatic heterocycles. The molecule has 0 saturated carbocycles. The average molecular weight is 213 g/mol. The highest BCUT2D eigenvalue weighted by Crippen LogP contribution is 2.04. The molecule has 0 aromatic carbocycles. The molecule has 1 amide bonds. The number of amides is 1. The van der Waals surface area contributed by atoms with E-state index >= 15 is 0 Å². The molecule has 0 heterocycles. The van der Waals surface area contributed by atoms with E-state index in [2.05, 4.69) is 5.32 Å². The Morgan fingerprint density at radius 3 is 2.27 bits per heavy atom. The first-order valence-corrected chi connectivity index (χ1v) is 5.10. The van der Waals surface area contributed by atoms with Crippen molar-refractivity contribution in [1.29, 1.82) is 0 Å². The minimum absolute atomic E-state index is 0.124. The zero-order valence-corrected chi connectivity index (χ0v) is 9.70. The van der Waals surface area contributed by atoms with E-state index in [1.807, 2.05) is 6.92 Å². The van der Waals surface area contributed by atoms with Crippen LogP contribution in [-0.4, -0.2) is 23.0 Å². The van der Waals surface area contributed by atoms with Crippen molar-refractivity contribution >= 4 is 11.9 Å². The Hall–Kier alpha value is -1.32. The predicted octanol–water partition coefficient (Wildman–Crippen LogP) is 1.57. The van der Waals surface area contributed by atoms with Crippen LogP contribution in [0, 0.1) is 5.92 Å². The maximum atomic E-state index is 11.5. The standard InChI is InChI=1S/C11H19NO3/c1-5-6-8(4)10(13)12-9(7(2)3)11(14)15/h6-7,9H,5H2,1-4H3,(H,12,13)(H,14,15)/t9-/m1/s1. The predicted molar refractivity (Wildman–Crippen MR) is 58.5 cm³/mol. The smallest absolute Gasteiger partial charge is 0.326 e. The molecular formula is C11H19NO3. The van der Waals surface area contributed by atoms with E-state index in [-0.39, 0.29) is 11.8 Å². The van der Waals surface area contributed by atoms with Crippen LogP contribution in [-0.2, 0) is 9.59 Å². The lowest BCUT2D eigenvalue weighted by Crippen LogP contribution is -2.44. The summed E-state index contributed by atoms with van der Waals surface area (Å²) in [5, 5.41) is 11.4. The van der Waals surface area contributed by atoms with E-state index in [0.29, 0.717) is 5.57 Å². The molecule has 0 saturated heterocycles. The summed E-state index contributed by atoms with van der Waals surface area (Å²) in [6.45, 7) is 7.13. The molecule has 0 radical (unpaired) electrons. The van der Waals surface area contributed by atoms with Gasteiger partial charge in [-0.1, -0.05) is 26.8 Å². The van der Waals surface area contributed by atoms with Gasteiger partial charge in [0.25, 0.3) is 0 Å². The SMILES string of the molecule is CCC=C(C)C(=O)N[C@@H](C(=O)O)C(C)C. The number of rotatable bonds is 5. The number of carbonyl (C=O) groups excluding carboxylic acids is 1. The molecular weight excluding hydrogens is 194 g/mol. The van der Waals surface area contributed by atoms with E-state index in [0.717, 1.165) is 6.42 Å². The van der Waals surface area contributed by atoms with E-state index in [4.69, 9.17) is 5.11 Å². The lowest BCUT2D eigenvalue weighted by atomic mass is 10.0. The lowest BCUT2D eigenvalue weighted by molar-refractivity contribution is -0.142. The van der Waals surface area contributed by atoms with Crippen molar-refractivity contribution in [2.75, 3.05) is 0 Å². The van der Waals surface area contributed by atoms with Gasteiger partial charge in [0.15, 0.2) is 0 Å². The molecule has 0 rings (SSSR count). The first-order valence-electron chi connectivity index (χ1n) is 5.10. The quantitative estimate of drug-likeness (QED) is 0.681. The van der Waals surface area contributed by atoms with Crippen molar-refractivity contribution in [2.45, 2.75) is 40.2 Å². The number of nitrogens with one attached hydrogen (secondary N) is 1. The van der Waals surface area contributed by atoms with Gasteiger partial charge in [0.05, 0.1) is 0 Å². The minimum Gasteiger partial charge on any atom is -0.480 e. The van der Waals surface area contributed by atoms with E-state index in [9.17, 15) is 9.59 Å². The van der Waals surface area contributed by atoms with Gasteiger partial charge in [-0.15, -0.1) is 0 Å². The van der Waals surface area contributed by atoms with Crippen molar-refractivity contribution in [3.63, 3.8) is 0 Å². The molecule has 4 nitrogen and oxygen atoms in total. The normalized spacial score (nSPS) is 13.8. The number of allylic oxidation sites excluding steroid dienone is 1. The van der Waals surface area contributed by atoms with Crippen molar-refractivity contribution in [3.8, 4) is 0 Å². The summed E-state index contributed by atoms with van der Waals surface area (Å²) < 4.78 is 0. The molecule has 0 aliphatic carbocycles. The second-order valence-corrected chi connectivity index (χ2v) is 3.83. The Labute approximate surface area is 90.4 Å². The highest BCUT2D eigenvalue weighted by Gasteiger charge is 2.23. The van der Waals surface area contributed by atoms with E-state index < -0.39 is 12.0 Å². The molecule has 0 bridgehead atoms. The van der Waals surface area contributed by atoms with Gasteiger partial charge < -0.3 is 10.4 Å². The fourth-order valence-electron chi connectivity index (χ4n) is 1.17. The first-order chi connectivity index (χ1) is 6.90. The average Bonchev–Trinajstić information content (AvgIpc) is 2.12. The minimum atomic E-state index is -0.998. The van der Waals surface area contributed by atoms with E-state index in [1.165, 1.54) is 0 Å². The molecule has 86 valence electrons. The van der Waals surface area contributed by atoms with Gasteiger partial charge >= 0.3 is 5.97 Å². The summed E-state index contributed by atoms with van der Waals surface area (Å²) in [6.07, 6.45) is 2.53. The Morgan fingerprint density at radius 2 is 1.93 bits per heavy atom. The summed E-state index contributed by atoms with van der Waals surface area (Å²) in [6, 6.07) is -0.822. The molecule has 0 unspecified atom stereocenters. The van der Waals surface area contributed by atoms with Crippen LogP contribution in [0.15, 0.2) is 11.6 Å². The van der Waals surface area contributed by atoms with Crippen LogP contribution in [0.4, 0.5) is 0 Å². The van der Waals surface area contributed by atoms with Crippen molar-refractivity contribution < 1.29 is 14.7 Å². The third-order valence-electron chi connectivity index (χ3n) is 2.09. The van der Waals surface area contributed by atoms with Crippen LogP contribution in [0.2, 0.25) is 0 Å². The molecule has 0 aliphatic rings. The van der Waals surface area contributed by atoms with Crippen LogP contribution in [0.3, 0.4) is 0 Å². The highest BCUT2D eigenvalue weighted by molar-refractivity contribution is 5.95. The van der Waals surface area contributed by atoms with Gasteiger partial charge in [-0.2, -0.15) is 0 Å². The van der Waals surface area contributed by atoms with Crippen molar-refractivity contribution in [2.24, 2.45) is 5.92 Å². The van der Waals surface area contributed by atoms with Crippen molar-refractivity contribution in [3.05, 3.63) is 11.6 Å². The van der Waals surface area contributed by atoms with Gasteiger partial charge in [-0.25, -0.2) is 4.79 Å². The number of carboxylic acids is 1. The molecule has 2 N–H and O–H groups in total. The lowest BCUT2D eigenvalue weighted by Gasteiger charge is -2.17. The number of carboxylic acid groups (broad SMARTS) is 1. The monoisotopic (exact) mass is 213 g/mol. The maximum Gasteiger partial charge on any atom is 0.326 e. The van der Waals surface area contributed by atoms with Crippen LogP contribution in [0.1, 0.15) is 34.1 Å². The number of aliphatic carboxylic acids is 1. The Balaban J connectivity index is 4.49. The summed E-state index contributed by atoms with van der Waals surface area (Å²) in [5.74, 6) is -1.43. The largest absolute Gasteiger partial charge is 0.480 e. The van der Waals surface area contributed by atoms with Crippen molar-refractivity contribution in [1.82, 2.24) is 5.32 Å². The van der Waals surface area contributed by atoms with Gasteiger partial charge in [0, 0.05) is 5.57 Å². The van der Waals surface area contributed by atoms with Gasteiger partial charge in [0.1, 0.15) is 6.04 Å². The fraction of sp³-hybridized carbons (Fsp3) is 0.636. The van der Waals surface area contributed by atoms with Gasteiger partial charge in [-0.05, 0) is 19.3 Å². The zero-order valence-electron chi connectivity index (χ0n) is 9.70. The van der Waals surface area contributed by atoms with E-state index in [1.54, 1.807) is 26.8 Å². The Kier molecular flexibility index (Phi) is 5.67. The Morgan fingerprint density at radius 1 is 1.40 bits per heavy atom. The fourth-order valence-corrected chi connectivity index (χ4v) is 1.17. The van der Waals surface area contributed by atoms with Crippen LogP contribution in [0.25, 0.3) is 0 Å². The second-order valence-electron chi connectivity index (χ2n) is 3.83. The molecule has 4 heteroatoms. The van der Waals surface area contributed by atoms with Crippen LogP contribution >= 0.6 is 0 Å². The number of carbonyl (C=O) groups is 2. The molecule has 0 fully saturated rings. The van der Waals surface area contributed by atoms with Gasteiger partial charge in [0.2, 0.25) is 5.91 Å². The van der Waals surface area contributed by atoms with Crippen LogP contribution in [0.5, 0.6) is 0 Å². The summed E-state index contributed by atoms with van der Waals surface area (Å²) >= 11 is 0. The first kappa shape index (κ1) is 13.7. The number of hydrogen-bond acceptors (Lipinski definition) is 2. The summed E-state index contributed by atoms with van der Waals surface area (Å²) in [7, 11) is 0.